The molecule has 8 nitrogen and oxygen atoms in total. The van der Waals surface area contributed by atoms with Gasteiger partial charge in [-0.3, -0.25) is 4.79 Å². The highest BCUT2D eigenvalue weighted by Gasteiger charge is 2.58. The van der Waals surface area contributed by atoms with Crippen LogP contribution in [0.3, 0.4) is 0 Å². The summed E-state index contributed by atoms with van der Waals surface area (Å²) in [6.07, 6.45) is 2.03. The summed E-state index contributed by atoms with van der Waals surface area (Å²) in [6.45, 7) is 18.9. The van der Waals surface area contributed by atoms with E-state index in [0.717, 1.165) is 35.7 Å². The number of hydrogen-bond acceptors (Lipinski definition) is 8. The maximum atomic E-state index is 14.1. The Labute approximate surface area is 350 Å². The van der Waals surface area contributed by atoms with E-state index in [1.54, 1.807) is 0 Å². The lowest BCUT2D eigenvalue weighted by molar-refractivity contribution is -0.171. The van der Waals surface area contributed by atoms with Crippen LogP contribution < -0.4 is 5.19 Å². The molecule has 2 aliphatic heterocycles. The van der Waals surface area contributed by atoms with E-state index in [-0.39, 0.29) is 29.5 Å². The van der Waals surface area contributed by atoms with E-state index in [9.17, 15) is 9.59 Å². The Kier molecular flexibility index (Phi) is 15.9. The van der Waals surface area contributed by atoms with Crippen molar-refractivity contribution >= 4 is 33.3 Å². The van der Waals surface area contributed by atoms with Crippen LogP contribution in [0.5, 0.6) is 0 Å². The number of benzene rings is 3. The third-order valence-electron chi connectivity index (χ3n) is 13.4. The molecule has 2 fully saturated rings. The highest BCUT2D eigenvalue weighted by atomic mass is 28.4. The van der Waals surface area contributed by atoms with Crippen LogP contribution in [0.2, 0.25) is 36.8 Å². The number of rotatable bonds is 22. The smallest absolute Gasteiger partial charge is 0.337 e. The van der Waals surface area contributed by atoms with Crippen molar-refractivity contribution in [2.24, 2.45) is 0 Å². The van der Waals surface area contributed by atoms with Crippen molar-refractivity contribution in [2.75, 3.05) is 13.7 Å². The maximum absolute atomic E-state index is 14.1. The molecule has 0 aliphatic carbocycles. The van der Waals surface area contributed by atoms with Gasteiger partial charge in [0.05, 0.1) is 58.4 Å². The molecule has 2 heterocycles. The molecular formula is C48H70O8Si2. The summed E-state index contributed by atoms with van der Waals surface area (Å²) < 4.78 is 39.6. The van der Waals surface area contributed by atoms with Crippen molar-refractivity contribution < 1.29 is 37.7 Å². The van der Waals surface area contributed by atoms with E-state index in [1.165, 1.54) is 12.3 Å². The predicted molar refractivity (Wildman–Crippen MR) is 236 cm³/mol. The summed E-state index contributed by atoms with van der Waals surface area (Å²) in [5, 5.41) is 1.31. The molecule has 5 rings (SSSR count). The standard InChI is InChI=1S/C48H70O8Si2/c1-10-58(11-2,12-3)56-42(44-43(33-48(6,55-44)45(50)51-7)57(8,9)39-26-20-15-21-27-39)32-46(4,53-35-38-24-18-14-19-25-38)30-28-40(49)41-29-31-47(5,54-41)36-52-34-37-22-16-13-17-23-37/h13-27,41-44H,10-12,28-36H2,1-9H3/t41-,42-,43-,44+,46+,47-,48-/m1/s1. The summed E-state index contributed by atoms with van der Waals surface area (Å²) in [7, 11) is -3.08. The van der Waals surface area contributed by atoms with Gasteiger partial charge in [-0.05, 0) is 81.3 Å². The molecule has 2 aliphatic rings. The highest BCUT2D eigenvalue weighted by molar-refractivity contribution is 6.91. The minimum absolute atomic E-state index is 0.0509. The SMILES string of the molecule is CC[Si](CC)(CC)O[C@H](C[C@](C)(CCC(=O)[C@H]1CC[C@](C)(COCc2ccccc2)O1)OCc1ccccc1)[C@@H]1O[C@@](C)(C(=O)OC)C[C@H]1[Si](C)(C)c1ccccc1. The van der Waals surface area contributed by atoms with E-state index in [4.69, 9.17) is 28.1 Å². The van der Waals surface area contributed by atoms with E-state index >= 15 is 0 Å². The van der Waals surface area contributed by atoms with Gasteiger partial charge in [0.15, 0.2) is 19.7 Å². The summed E-state index contributed by atoms with van der Waals surface area (Å²) in [5.74, 6) is -0.270. The van der Waals surface area contributed by atoms with Gasteiger partial charge in [0.25, 0.3) is 0 Å². The number of ether oxygens (including phenoxy) is 5. The van der Waals surface area contributed by atoms with Gasteiger partial charge in [0.1, 0.15) is 6.10 Å². The van der Waals surface area contributed by atoms with Crippen LogP contribution >= 0.6 is 0 Å². The Morgan fingerprint density at radius 1 is 0.845 bits per heavy atom. The third-order valence-corrected chi connectivity index (χ3v) is 22.2. The van der Waals surface area contributed by atoms with Gasteiger partial charge in [-0.25, -0.2) is 4.79 Å². The molecule has 0 bridgehead atoms. The Bertz CT molecular complexity index is 1730. The molecule has 0 amide bonds. The molecule has 0 saturated carbocycles. The molecule has 10 heteroatoms. The zero-order valence-electron chi connectivity index (χ0n) is 36.7. The fraction of sp³-hybridized carbons (Fsp3) is 0.583. The van der Waals surface area contributed by atoms with Gasteiger partial charge in [0.2, 0.25) is 0 Å². The number of carbonyl (C=O) groups excluding carboxylic acids is 2. The van der Waals surface area contributed by atoms with E-state index in [1.807, 2.05) is 62.4 Å². The van der Waals surface area contributed by atoms with Gasteiger partial charge in [-0.15, -0.1) is 0 Å². The summed E-state index contributed by atoms with van der Waals surface area (Å²) in [6, 6.07) is 33.9. The van der Waals surface area contributed by atoms with E-state index < -0.39 is 39.3 Å². The average molecular weight is 831 g/mol. The van der Waals surface area contributed by atoms with Gasteiger partial charge in [-0.1, -0.05) is 130 Å². The van der Waals surface area contributed by atoms with Crippen molar-refractivity contribution in [3.8, 4) is 0 Å². The van der Waals surface area contributed by atoms with E-state index in [2.05, 4.69) is 83.3 Å². The van der Waals surface area contributed by atoms with Crippen LogP contribution in [-0.4, -0.2) is 77.0 Å². The van der Waals surface area contributed by atoms with Gasteiger partial charge in [-0.2, -0.15) is 0 Å². The van der Waals surface area contributed by atoms with Crippen LogP contribution in [0.1, 0.15) is 91.2 Å². The van der Waals surface area contributed by atoms with Gasteiger partial charge < -0.3 is 28.1 Å². The molecule has 318 valence electrons. The van der Waals surface area contributed by atoms with Gasteiger partial charge >= 0.3 is 5.97 Å². The second-order valence-electron chi connectivity index (χ2n) is 18.1. The molecule has 0 radical (unpaired) electrons. The lowest BCUT2D eigenvalue weighted by Crippen LogP contribution is -2.54. The molecule has 3 aromatic carbocycles. The Morgan fingerprint density at radius 2 is 1.41 bits per heavy atom. The maximum Gasteiger partial charge on any atom is 0.337 e. The number of methoxy groups -OCH3 is 1. The fourth-order valence-electron chi connectivity index (χ4n) is 9.17. The van der Waals surface area contributed by atoms with Crippen LogP contribution in [0.4, 0.5) is 0 Å². The minimum atomic E-state index is -2.29. The van der Waals surface area contributed by atoms with Crippen LogP contribution in [0.15, 0.2) is 91.0 Å². The minimum Gasteiger partial charge on any atom is -0.467 e. The first kappa shape index (κ1) is 46.1. The zero-order valence-corrected chi connectivity index (χ0v) is 38.7. The molecular weight excluding hydrogens is 761 g/mol. The lowest BCUT2D eigenvalue weighted by Gasteiger charge is -2.44. The number of ketones is 1. The molecule has 0 unspecified atom stereocenters. The lowest BCUT2D eigenvalue weighted by atomic mass is 9.88. The first-order valence-corrected chi connectivity index (χ1v) is 27.2. The first-order chi connectivity index (χ1) is 27.6. The summed E-state index contributed by atoms with van der Waals surface area (Å²) in [5.41, 5.74) is -0.174. The van der Waals surface area contributed by atoms with Crippen molar-refractivity contribution in [1.29, 1.82) is 0 Å². The molecule has 58 heavy (non-hydrogen) atoms. The number of Topliss-reactive ketones (excluding diaryl/α,β-unsaturated/α-hetero) is 1. The van der Waals surface area contributed by atoms with E-state index in [0.29, 0.717) is 51.9 Å². The average Bonchev–Trinajstić information content (AvgIpc) is 3.83. The zero-order chi connectivity index (χ0) is 42.0. The number of esters is 1. The largest absolute Gasteiger partial charge is 0.467 e. The Balaban J connectivity index is 1.43. The first-order valence-electron chi connectivity index (χ1n) is 21.6. The monoisotopic (exact) mass is 830 g/mol. The Morgan fingerprint density at radius 3 is 1.98 bits per heavy atom. The van der Waals surface area contributed by atoms with Crippen LogP contribution in [-0.2, 0) is 50.9 Å². The molecule has 2 saturated heterocycles. The predicted octanol–water partition coefficient (Wildman–Crippen LogP) is 9.95. The fourth-order valence-corrected chi connectivity index (χ4v) is 15.5. The summed E-state index contributed by atoms with van der Waals surface area (Å²) >= 11 is 0. The topological polar surface area (TPSA) is 89.5 Å². The van der Waals surface area contributed by atoms with Crippen LogP contribution in [0, 0.1) is 0 Å². The quantitative estimate of drug-likeness (QED) is 0.0731. The second kappa shape index (κ2) is 20.1. The van der Waals surface area contributed by atoms with Gasteiger partial charge in [0, 0.05) is 12.8 Å². The molecule has 0 spiro atoms. The second-order valence-corrected chi connectivity index (χ2v) is 27.6. The third kappa shape index (κ3) is 11.4. The molecule has 7 atom stereocenters. The van der Waals surface area contributed by atoms with Crippen LogP contribution in [0.25, 0.3) is 0 Å². The normalized spacial score (nSPS) is 25.3. The number of carbonyl (C=O) groups is 2. The van der Waals surface area contributed by atoms with Crippen molar-refractivity contribution in [3.05, 3.63) is 102 Å². The van der Waals surface area contributed by atoms with Crippen molar-refractivity contribution in [2.45, 2.75) is 165 Å². The number of hydrogen-bond donors (Lipinski definition) is 0. The highest BCUT2D eigenvalue weighted by Crippen LogP contribution is 2.49. The Hall–Kier alpha value is -2.97. The summed E-state index contributed by atoms with van der Waals surface area (Å²) in [4.78, 5) is 27.6. The van der Waals surface area contributed by atoms with Crippen molar-refractivity contribution in [3.63, 3.8) is 0 Å². The molecule has 3 aromatic rings. The van der Waals surface area contributed by atoms with Crippen molar-refractivity contribution in [1.82, 2.24) is 0 Å². The molecule has 0 N–H and O–H groups in total. The molecule has 0 aromatic heterocycles.